The summed E-state index contributed by atoms with van der Waals surface area (Å²) in [5.41, 5.74) is -0.641. The second-order valence-electron chi connectivity index (χ2n) is 7.82. The third-order valence-electron chi connectivity index (χ3n) is 5.98. The van der Waals surface area contributed by atoms with Crippen molar-refractivity contribution in [2.24, 2.45) is 0 Å². The molecule has 2 saturated heterocycles. The van der Waals surface area contributed by atoms with Crippen LogP contribution in [-0.2, 0) is 9.53 Å². The molecule has 0 radical (unpaired) electrons. The zero-order valence-corrected chi connectivity index (χ0v) is 17.5. The number of hydrogen-bond acceptors (Lipinski definition) is 5. The van der Waals surface area contributed by atoms with Gasteiger partial charge in [0.05, 0.1) is 13.7 Å². The van der Waals surface area contributed by atoms with Crippen molar-refractivity contribution in [2.45, 2.75) is 24.6 Å². The Kier molecular flexibility index (Phi) is 5.84. The lowest BCUT2D eigenvalue weighted by atomic mass is 9.96. The van der Waals surface area contributed by atoms with Gasteiger partial charge in [-0.1, -0.05) is 12.1 Å². The van der Waals surface area contributed by atoms with E-state index in [9.17, 15) is 23.9 Å². The van der Waals surface area contributed by atoms with E-state index < -0.39 is 29.5 Å². The molecule has 2 amide bonds. The van der Waals surface area contributed by atoms with Crippen molar-refractivity contribution in [2.75, 3.05) is 26.8 Å². The molecule has 0 aromatic heterocycles. The van der Waals surface area contributed by atoms with Crippen LogP contribution in [0.1, 0.15) is 33.6 Å². The first-order chi connectivity index (χ1) is 15.3. The maximum atomic E-state index is 13.7. The third-order valence-corrected chi connectivity index (χ3v) is 5.98. The van der Waals surface area contributed by atoms with Crippen molar-refractivity contribution < 1.29 is 33.4 Å². The van der Waals surface area contributed by atoms with E-state index in [-0.39, 0.29) is 44.0 Å². The number of amides is 2. The Hall–Kier alpha value is -3.46. The molecule has 0 aliphatic carbocycles. The average Bonchev–Trinajstić information content (AvgIpc) is 3.17. The fourth-order valence-electron chi connectivity index (χ4n) is 4.31. The van der Waals surface area contributed by atoms with E-state index in [0.29, 0.717) is 11.3 Å². The molecule has 2 aromatic rings. The second kappa shape index (κ2) is 8.58. The normalized spacial score (nSPS) is 19.8. The SMILES string of the molecule is COc1cccc(C(=O)N2CCC3(CC2)OCC(C(=O)O)N3C(=O)c2cccc(F)c2)c1. The van der Waals surface area contributed by atoms with Gasteiger partial charge in [-0.2, -0.15) is 0 Å². The monoisotopic (exact) mass is 442 g/mol. The highest BCUT2D eigenvalue weighted by atomic mass is 19.1. The summed E-state index contributed by atoms with van der Waals surface area (Å²) in [5.74, 6) is -2.01. The lowest BCUT2D eigenvalue weighted by molar-refractivity contribution is -0.143. The van der Waals surface area contributed by atoms with Crippen molar-refractivity contribution in [1.82, 2.24) is 9.80 Å². The summed E-state index contributed by atoms with van der Waals surface area (Å²) in [6.07, 6.45) is 0.487. The molecule has 2 heterocycles. The molecule has 1 unspecified atom stereocenters. The predicted molar refractivity (Wildman–Crippen MR) is 111 cm³/mol. The number of piperidine rings is 1. The van der Waals surface area contributed by atoms with Crippen LogP contribution in [0.2, 0.25) is 0 Å². The number of ether oxygens (including phenoxy) is 2. The molecule has 0 saturated carbocycles. The number of likely N-dealkylation sites (tertiary alicyclic amines) is 1. The fourth-order valence-corrected chi connectivity index (χ4v) is 4.31. The zero-order chi connectivity index (χ0) is 22.9. The van der Waals surface area contributed by atoms with Crippen LogP contribution < -0.4 is 4.74 Å². The van der Waals surface area contributed by atoms with Gasteiger partial charge in [0.2, 0.25) is 0 Å². The van der Waals surface area contributed by atoms with Crippen molar-refractivity contribution in [1.29, 1.82) is 0 Å². The van der Waals surface area contributed by atoms with E-state index >= 15 is 0 Å². The van der Waals surface area contributed by atoms with Crippen molar-refractivity contribution in [3.8, 4) is 5.75 Å². The largest absolute Gasteiger partial charge is 0.497 e. The third kappa shape index (κ3) is 3.91. The summed E-state index contributed by atoms with van der Waals surface area (Å²) < 4.78 is 24.7. The van der Waals surface area contributed by atoms with E-state index in [1.54, 1.807) is 29.2 Å². The minimum Gasteiger partial charge on any atom is -0.497 e. The van der Waals surface area contributed by atoms with Gasteiger partial charge < -0.3 is 19.5 Å². The topological polar surface area (TPSA) is 96.4 Å². The van der Waals surface area contributed by atoms with Crippen LogP contribution in [0.15, 0.2) is 48.5 Å². The Morgan fingerprint density at radius 1 is 1.06 bits per heavy atom. The number of hydrogen-bond donors (Lipinski definition) is 1. The van der Waals surface area contributed by atoms with Gasteiger partial charge in [0.1, 0.15) is 17.3 Å². The van der Waals surface area contributed by atoms with Crippen LogP contribution in [-0.4, -0.2) is 71.3 Å². The molecule has 2 aliphatic heterocycles. The van der Waals surface area contributed by atoms with Crippen LogP contribution in [0, 0.1) is 5.82 Å². The van der Waals surface area contributed by atoms with Gasteiger partial charge in [-0.3, -0.25) is 14.5 Å². The molecular formula is C23H23FN2O6. The highest BCUT2D eigenvalue weighted by molar-refractivity contribution is 5.97. The number of carboxylic acid groups (broad SMARTS) is 1. The molecule has 1 atom stereocenters. The van der Waals surface area contributed by atoms with Crippen LogP contribution >= 0.6 is 0 Å². The number of halogens is 1. The highest BCUT2D eigenvalue weighted by Gasteiger charge is 2.54. The number of carboxylic acids is 1. The summed E-state index contributed by atoms with van der Waals surface area (Å²) >= 11 is 0. The molecule has 2 fully saturated rings. The Balaban J connectivity index is 1.55. The van der Waals surface area contributed by atoms with Crippen LogP contribution in [0.25, 0.3) is 0 Å². The van der Waals surface area contributed by atoms with Gasteiger partial charge in [-0.25, -0.2) is 9.18 Å². The van der Waals surface area contributed by atoms with Crippen molar-refractivity contribution >= 4 is 17.8 Å². The predicted octanol–water partition coefficient (Wildman–Crippen LogP) is 2.39. The Bertz CT molecular complexity index is 1050. The summed E-state index contributed by atoms with van der Waals surface area (Å²) in [7, 11) is 1.52. The molecule has 2 aliphatic rings. The molecule has 9 heteroatoms. The fraction of sp³-hybridized carbons (Fsp3) is 0.348. The number of benzene rings is 2. The molecule has 2 aromatic carbocycles. The number of aliphatic carboxylic acids is 1. The van der Waals surface area contributed by atoms with Gasteiger partial charge in [-0.15, -0.1) is 0 Å². The molecule has 32 heavy (non-hydrogen) atoms. The smallest absolute Gasteiger partial charge is 0.328 e. The Labute approximate surface area is 184 Å². The first kappa shape index (κ1) is 21.8. The Morgan fingerprint density at radius 3 is 2.34 bits per heavy atom. The van der Waals surface area contributed by atoms with Gasteiger partial charge in [0.15, 0.2) is 6.04 Å². The highest BCUT2D eigenvalue weighted by Crippen LogP contribution is 2.39. The van der Waals surface area contributed by atoms with Crippen LogP contribution in [0.3, 0.4) is 0 Å². The minimum atomic E-state index is -1.19. The second-order valence-corrected chi connectivity index (χ2v) is 7.82. The molecule has 1 spiro atoms. The quantitative estimate of drug-likeness (QED) is 0.781. The van der Waals surface area contributed by atoms with E-state index in [4.69, 9.17) is 9.47 Å². The standard InChI is InChI=1S/C23H23FN2O6/c1-31-18-7-3-5-16(13-18)20(27)25-10-8-23(9-11-25)26(19(14-32-23)22(29)30)21(28)15-4-2-6-17(24)12-15/h2-7,12-13,19H,8-11,14H2,1H3,(H,29,30). The van der Waals surface area contributed by atoms with E-state index in [1.165, 1.54) is 30.2 Å². The first-order valence-corrected chi connectivity index (χ1v) is 10.2. The van der Waals surface area contributed by atoms with Gasteiger partial charge in [0.25, 0.3) is 11.8 Å². The van der Waals surface area contributed by atoms with Gasteiger partial charge in [-0.05, 0) is 36.4 Å². The maximum absolute atomic E-state index is 13.7. The van der Waals surface area contributed by atoms with Crippen LogP contribution in [0.4, 0.5) is 4.39 Å². The first-order valence-electron chi connectivity index (χ1n) is 10.2. The Morgan fingerprint density at radius 2 is 1.72 bits per heavy atom. The van der Waals surface area contributed by atoms with Gasteiger partial charge in [0, 0.05) is 37.1 Å². The average molecular weight is 442 g/mol. The van der Waals surface area contributed by atoms with E-state index in [2.05, 4.69) is 0 Å². The molecule has 1 N–H and O–H groups in total. The van der Waals surface area contributed by atoms with Crippen LogP contribution in [0.5, 0.6) is 5.75 Å². The zero-order valence-electron chi connectivity index (χ0n) is 17.5. The summed E-state index contributed by atoms with van der Waals surface area (Å²) in [6, 6.07) is 10.8. The van der Waals surface area contributed by atoms with Crippen molar-refractivity contribution in [3.63, 3.8) is 0 Å². The molecule has 8 nitrogen and oxygen atoms in total. The molecule has 0 bridgehead atoms. The van der Waals surface area contributed by atoms with E-state index in [1.807, 2.05) is 0 Å². The summed E-state index contributed by atoms with van der Waals surface area (Å²) in [5, 5.41) is 9.66. The number of methoxy groups -OCH3 is 1. The number of carbonyl (C=O) groups is 3. The number of rotatable bonds is 4. The summed E-state index contributed by atoms with van der Waals surface area (Å²) in [6.45, 7) is 0.380. The molecule has 168 valence electrons. The van der Waals surface area contributed by atoms with Gasteiger partial charge >= 0.3 is 5.97 Å². The van der Waals surface area contributed by atoms with Crippen molar-refractivity contribution in [3.05, 3.63) is 65.5 Å². The number of carbonyl (C=O) groups excluding carboxylic acids is 2. The lowest BCUT2D eigenvalue weighted by Crippen LogP contribution is -2.58. The summed E-state index contributed by atoms with van der Waals surface area (Å²) in [4.78, 5) is 40.8. The van der Waals surface area contributed by atoms with E-state index in [0.717, 1.165) is 6.07 Å². The molecular weight excluding hydrogens is 419 g/mol. The molecule has 4 rings (SSSR count). The number of nitrogens with zero attached hydrogens (tertiary/aromatic N) is 2. The minimum absolute atomic E-state index is 0.0519. The maximum Gasteiger partial charge on any atom is 0.328 e. The lowest BCUT2D eigenvalue weighted by Gasteiger charge is -2.44.